The number of amides is 2. The maximum Gasteiger partial charge on any atom is 0.274 e. The van der Waals surface area contributed by atoms with E-state index in [0.717, 1.165) is 6.07 Å². The molecule has 3 fully saturated rings. The summed E-state index contributed by atoms with van der Waals surface area (Å²) in [6.45, 7) is 2.49. The number of nitrogens with zero attached hydrogens (tertiary/aromatic N) is 4. The van der Waals surface area contributed by atoms with Crippen molar-refractivity contribution in [3.8, 4) is 0 Å². The molecule has 31 heavy (non-hydrogen) atoms. The molecule has 3 saturated heterocycles. The summed E-state index contributed by atoms with van der Waals surface area (Å²) in [4.78, 5) is 37.7. The first-order valence-corrected chi connectivity index (χ1v) is 10.4. The number of carbonyl (C=O) groups excluding carboxylic acids is 2. The van der Waals surface area contributed by atoms with Gasteiger partial charge in [-0.3, -0.25) is 14.6 Å². The maximum absolute atomic E-state index is 13.7. The predicted molar refractivity (Wildman–Crippen MR) is 105 cm³/mol. The largest absolute Gasteiger partial charge is 0.342 e. The number of carbonyl (C=O) groups is 2. The van der Waals surface area contributed by atoms with Crippen LogP contribution in [-0.2, 0) is 9.53 Å². The third-order valence-electron chi connectivity index (χ3n) is 6.42. The van der Waals surface area contributed by atoms with Gasteiger partial charge in [0, 0.05) is 38.2 Å². The van der Waals surface area contributed by atoms with Crippen molar-refractivity contribution in [2.45, 2.75) is 50.5 Å². The molecule has 0 bridgehead atoms. The van der Waals surface area contributed by atoms with Gasteiger partial charge in [-0.15, -0.1) is 0 Å². The van der Waals surface area contributed by atoms with Crippen LogP contribution >= 0.6 is 0 Å². The number of piperidine rings is 1. The molecule has 1 aromatic carbocycles. The Balaban J connectivity index is 1.32. The summed E-state index contributed by atoms with van der Waals surface area (Å²) in [5.41, 5.74) is 0.390. The highest BCUT2D eigenvalue weighted by atomic mass is 19.1. The molecular formula is C22H22F2N4O3. The van der Waals surface area contributed by atoms with Gasteiger partial charge >= 0.3 is 0 Å². The number of halogens is 2. The van der Waals surface area contributed by atoms with Gasteiger partial charge in [0.25, 0.3) is 11.8 Å². The van der Waals surface area contributed by atoms with E-state index < -0.39 is 29.5 Å². The van der Waals surface area contributed by atoms with Crippen LogP contribution in [0.15, 0.2) is 30.6 Å². The first-order chi connectivity index (χ1) is 14.9. The Labute approximate surface area is 178 Å². The minimum atomic E-state index is -0.996. The van der Waals surface area contributed by atoms with Crippen LogP contribution in [0.2, 0.25) is 0 Å². The van der Waals surface area contributed by atoms with E-state index in [0.29, 0.717) is 50.0 Å². The fraction of sp³-hybridized carbons (Fsp3) is 0.455. The molecule has 4 heterocycles. The van der Waals surface area contributed by atoms with Crippen LogP contribution in [0.4, 0.5) is 8.78 Å². The number of benzene rings is 1. The van der Waals surface area contributed by atoms with E-state index >= 15 is 0 Å². The Morgan fingerprint density at radius 1 is 1.13 bits per heavy atom. The quantitative estimate of drug-likeness (QED) is 0.735. The standard InChI is InChI=1S/C22H22F2N4O3/c1-13-11-25-12-17(26-13)20(29)27-6-4-22(5-7-27)21(30)28-18(2-3-19(28)31-22)14-8-15(23)10-16(24)9-14/h8-12,18-19H,2-7H2,1H3/t18-,19+/m0/s1. The second-order valence-corrected chi connectivity index (χ2v) is 8.41. The Morgan fingerprint density at radius 3 is 2.52 bits per heavy atom. The van der Waals surface area contributed by atoms with Gasteiger partial charge in [0.1, 0.15) is 23.6 Å². The maximum atomic E-state index is 13.7. The number of ether oxygens (including phenoxy) is 1. The lowest BCUT2D eigenvalue weighted by molar-refractivity contribution is -0.142. The van der Waals surface area contributed by atoms with E-state index in [9.17, 15) is 18.4 Å². The van der Waals surface area contributed by atoms with Gasteiger partial charge in [-0.2, -0.15) is 0 Å². The van der Waals surface area contributed by atoms with Gasteiger partial charge in [0.2, 0.25) is 0 Å². The Kier molecular flexibility index (Phi) is 4.73. The molecule has 2 atom stereocenters. The number of fused-ring (bicyclic) bond motifs is 1. The molecule has 5 rings (SSSR count). The lowest BCUT2D eigenvalue weighted by Crippen LogP contribution is -2.51. The van der Waals surface area contributed by atoms with Gasteiger partial charge in [0.05, 0.1) is 17.9 Å². The summed E-state index contributed by atoms with van der Waals surface area (Å²) in [7, 11) is 0. The van der Waals surface area contributed by atoms with Crippen LogP contribution in [0.25, 0.3) is 0 Å². The molecule has 9 heteroatoms. The van der Waals surface area contributed by atoms with Crippen molar-refractivity contribution in [1.82, 2.24) is 19.8 Å². The topological polar surface area (TPSA) is 75.6 Å². The van der Waals surface area contributed by atoms with Crippen molar-refractivity contribution < 1.29 is 23.1 Å². The van der Waals surface area contributed by atoms with E-state index in [1.807, 2.05) is 0 Å². The highest BCUT2D eigenvalue weighted by Gasteiger charge is 2.58. The van der Waals surface area contributed by atoms with E-state index in [2.05, 4.69) is 9.97 Å². The predicted octanol–water partition coefficient (Wildman–Crippen LogP) is 2.76. The molecule has 7 nitrogen and oxygen atoms in total. The average Bonchev–Trinajstić information content (AvgIpc) is 3.26. The van der Waals surface area contributed by atoms with Crippen LogP contribution in [0, 0.1) is 18.6 Å². The summed E-state index contributed by atoms with van der Waals surface area (Å²) in [5, 5.41) is 0. The molecule has 0 aliphatic carbocycles. The van der Waals surface area contributed by atoms with E-state index in [1.54, 1.807) is 22.9 Å². The number of aromatic nitrogens is 2. The monoisotopic (exact) mass is 428 g/mol. The van der Waals surface area contributed by atoms with Crippen molar-refractivity contribution >= 4 is 11.8 Å². The summed E-state index contributed by atoms with van der Waals surface area (Å²) in [6.07, 6.45) is 4.55. The zero-order valence-electron chi connectivity index (χ0n) is 17.1. The Morgan fingerprint density at radius 2 is 1.84 bits per heavy atom. The molecule has 3 aliphatic heterocycles. The highest BCUT2D eigenvalue weighted by Crippen LogP contribution is 2.47. The van der Waals surface area contributed by atoms with Gasteiger partial charge in [-0.05, 0) is 37.5 Å². The molecule has 0 N–H and O–H groups in total. The molecule has 2 aromatic rings. The van der Waals surface area contributed by atoms with Crippen LogP contribution in [-0.4, -0.2) is 56.5 Å². The zero-order chi connectivity index (χ0) is 21.8. The van der Waals surface area contributed by atoms with E-state index in [-0.39, 0.29) is 17.5 Å². The number of likely N-dealkylation sites (tertiary alicyclic amines) is 1. The van der Waals surface area contributed by atoms with Crippen LogP contribution in [0.3, 0.4) is 0 Å². The van der Waals surface area contributed by atoms with Gasteiger partial charge in [0.15, 0.2) is 5.60 Å². The Hall–Kier alpha value is -2.94. The number of rotatable bonds is 2. The Bertz CT molecular complexity index is 1030. The number of aryl methyl sites for hydroxylation is 1. The first kappa shape index (κ1) is 20.0. The third-order valence-corrected chi connectivity index (χ3v) is 6.42. The van der Waals surface area contributed by atoms with Crippen molar-refractivity contribution in [3.63, 3.8) is 0 Å². The molecule has 2 amide bonds. The molecule has 1 aromatic heterocycles. The van der Waals surface area contributed by atoms with Crippen molar-refractivity contribution in [1.29, 1.82) is 0 Å². The van der Waals surface area contributed by atoms with Crippen molar-refractivity contribution in [2.24, 2.45) is 0 Å². The zero-order valence-corrected chi connectivity index (χ0v) is 17.1. The molecular weight excluding hydrogens is 406 g/mol. The normalized spacial score (nSPS) is 24.7. The number of hydrogen-bond donors (Lipinski definition) is 0. The third kappa shape index (κ3) is 3.37. The highest BCUT2D eigenvalue weighted by molar-refractivity contribution is 5.93. The van der Waals surface area contributed by atoms with Crippen LogP contribution in [0.1, 0.15) is 53.5 Å². The summed E-state index contributed by atoms with van der Waals surface area (Å²) >= 11 is 0. The smallest absolute Gasteiger partial charge is 0.274 e. The van der Waals surface area contributed by atoms with E-state index in [1.165, 1.54) is 18.3 Å². The molecule has 3 aliphatic rings. The molecule has 1 spiro atoms. The van der Waals surface area contributed by atoms with Gasteiger partial charge in [-0.25, -0.2) is 13.8 Å². The fourth-order valence-electron chi connectivity index (χ4n) is 4.94. The lowest BCUT2D eigenvalue weighted by atomic mass is 9.89. The van der Waals surface area contributed by atoms with Gasteiger partial charge < -0.3 is 14.5 Å². The average molecular weight is 428 g/mol. The molecule has 162 valence electrons. The van der Waals surface area contributed by atoms with Crippen molar-refractivity contribution in [2.75, 3.05) is 13.1 Å². The minimum Gasteiger partial charge on any atom is -0.342 e. The van der Waals surface area contributed by atoms with Crippen LogP contribution < -0.4 is 0 Å². The molecule has 0 saturated carbocycles. The molecule has 0 radical (unpaired) electrons. The summed E-state index contributed by atoms with van der Waals surface area (Å²) in [6, 6.07) is 2.96. The molecule has 0 unspecified atom stereocenters. The second-order valence-electron chi connectivity index (χ2n) is 8.41. The lowest BCUT2D eigenvalue weighted by Gasteiger charge is -2.37. The van der Waals surface area contributed by atoms with Crippen LogP contribution in [0.5, 0.6) is 0 Å². The fourth-order valence-corrected chi connectivity index (χ4v) is 4.94. The van der Waals surface area contributed by atoms with Gasteiger partial charge in [-0.1, -0.05) is 0 Å². The summed E-state index contributed by atoms with van der Waals surface area (Å²) < 4.78 is 33.7. The van der Waals surface area contributed by atoms with E-state index in [4.69, 9.17) is 4.74 Å². The minimum absolute atomic E-state index is 0.160. The first-order valence-electron chi connectivity index (χ1n) is 10.4. The SMILES string of the molecule is Cc1cncc(C(=O)N2CCC3(CC2)O[C@@H]2CC[C@@H](c4cc(F)cc(F)c4)N2C3=O)n1. The van der Waals surface area contributed by atoms with Crippen molar-refractivity contribution in [3.05, 3.63) is 59.2 Å². The second kappa shape index (κ2) is 7.33. The number of hydrogen-bond acceptors (Lipinski definition) is 5. The summed E-state index contributed by atoms with van der Waals surface area (Å²) in [5.74, 6) is -1.70.